The van der Waals surface area contributed by atoms with Gasteiger partial charge in [0.2, 0.25) is 12.7 Å². The standard InChI is InChI=1S/C20H20ClN3O4/c21-14-10-22-20(23-11-14)28-16-5-3-15(4-6-16)24-19(25)8-2-13-1-7-17-18(9-13)27-12-26-17/h1-2,7-11,15-16H,3-6,12H2,(H,24,25)/b8-2+. The predicted molar refractivity (Wildman–Crippen MR) is 103 cm³/mol. The topological polar surface area (TPSA) is 82.6 Å². The van der Waals surface area contributed by atoms with Gasteiger partial charge in [0.1, 0.15) is 6.10 Å². The first-order valence-electron chi connectivity index (χ1n) is 9.18. The summed E-state index contributed by atoms with van der Waals surface area (Å²) in [5.74, 6) is 1.32. The Balaban J connectivity index is 1.23. The molecule has 8 heteroatoms. The van der Waals surface area contributed by atoms with Crippen LogP contribution >= 0.6 is 11.6 Å². The van der Waals surface area contributed by atoms with E-state index in [0.717, 1.165) is 37.0 Å². The Labute approximate surface area is 167 Å². The van der Waals surface area contributed by atoms with Crippen LogP contribution in [0.4, 0.5) is 0 Å². The van der Waals surface area contributed by atoms with Crippen LogP contribution in [0, 0.1) is 0 Å². The van der Waals surface area contributed by atoms with Crippen LogP contribution in [0.5, 0.6) is 17.5 Å². The van der Waals surface area contributed by atoms with Gasteiger partial charge in [-0.2, -0.15) is 0 Å². The number of amides is 1. The molecule has 2 aliphatic rings. The number of halogens is 1. The van der Waals surface area contributed by atoms with Gasteiger partial charge in [0.25, 0.3) is 0 Å². The van der Waals surface area contributed by atoms with E-state index in [-0.39, 0.29) is 24.8 Å². The summed E-state index contributed by atoms with van der Waals surface area (Å²) >= 11 is 5.77. The number of nitrogens with zero attached hydrogens (tertiary/aromatic N) is 2. The van der Waals surface area contributed by atoms with Crippen molar-refractivity contribution in [2.75, 3.05) is 6.79 Å². The van der Waals surface area contributed by atoms with E-state index in [4.69, 9.17) is 25.8 Å². The highest BCUT2D eigenvalue weighted by Gasteiger charge is 2.23. The normalized spacial score (nSPS) is 20.9. The van der Waals surface area contributed by atoms with E-state index in [1.807, 2.05) is 18.2 Å². The number of hydrogen-bond donors (Lipinski definition) is 1. The summed E-state index contributed by atoms with van der Waals surface area (Å²) in [5, 5.41) is 3.53. The quantitative estimate of drug-likeness (QED) is 0.773. The second kappa shape index (κ2) is 8.48. The maximum atomic E-state index is 12.2. The van der Waals surface area contributed by atoms with Gasteiger partial charge in [-0.1, -0.05) is 17.7 Å². The molecule has 1 aromatic carbocycles. The molecule has 0 bridgehead atoms. The average molecular weight is 402 g/mol. The maximum absolute atomic E-state index is 12.2. The first kappa shape index (κ1) is 18.6. The Morgan fingerprint density at radius 2 is 1.89 bits per heavy atom. The van der Waals surface area contributed by atoms with Gasteiger partial charge in [-0.05, 0) is 49.5 Å². The van der Waals surface area contributed by atoms with Crippen LogP contribution in [0.3, 0.4) is 0 Å². The molecule has 0 atom stereocenters. The minimum absolute atomic E-state index is 0.0542. The summed E-state index contributed by atoms with van der Waals surface area (Å²) in [6.45, 7) is 0.236. The molecule has 0 spiro atoms. The molecule has 1 aliphatic heterocycles. The molecule has 0 radical (unpaired) electrons. The highest BCUT2D eigenvalue weighted by Crippen LogP contribution is 2.32. The molecular weight excluding hydrogens is 382 g/mol. The molecule has 2 aromatic rings. The zero-order valence-electron chi connectivity index (χ0n) is 15.1. The number of benzene rings is 1. The molecular formula is C20H20ClN3O4. The van der Waals surface area contributed by atoms with Gasteiger partial charge in [-0.25, -0.2) is 9.97 Å². The Bertz CT molecular complexity index is 864. The average Bonchev–Trinajstić information content (AvgIpc) is 3.17. The highest BCUT2D eigenvalue weighted by atomic mass is 35.5. The Morgan fingerprint density at radius 1 is 1.14 bits per heavy atom. The second-order valence-electron chi connectivity index (χ2n) is 6.73. The second-order valence-corrected chi connectivity index (χ2v) is 7.17. The molecule has 1 fully saturated rings. The van der Waals surface area contributed by atoms with Crippen molar-refractivity contribution in [3.05, 3.63) is 47.3 Å². The van der Waals surface area contributed by atoms with Crippen LogP contribution in [0.2, 0.25) is 5.02 Å². The third kappa shape index (κ3) is 4.72. The Hall–Kier alpha value is -2.80. The molecule has 7 nitrogen and oxygen atoms in total. The van der Waals surface area contributed by atoms with Crippen molar-refractivity contribution in [1.82, 2.24) is 15.3 Å². The minimum Gasteiger partial charge on any atom is -0.460 e. The predicted octanol–water partition coefficient (Wildman–Crippen LogP) is 3.38. The van der Waals surface area contributed by atoms with Crippen molar-refractivity contribution in [1.29, 1.82) is 0 Å². The minimum atomic E-state index is -0.108. The van der Waals surface area contributed by atoms with Gasteiger partial charge in [-0.15, -0.1) is 0 Å². The molecule has 1 saturated carbocycles. The van der Waals surface area contributed by atoms with E-state index in [1.54, 1.807) is 12.2 Å². The smallest absolute Gasteiger partial charge is 0.316 e. The van der Waals surface area contributed by atoms with Crippen LogP contribution in [-0.2, 0) is 4.79 Å². The van der Waals surface area contributed by atoms with Crippen LogP contribution in [0.25, 0.3) is 6.08 Å². The van der Waals surface area contributed by atoms with Crippen molar-refractivity contribution in [2.45, 2.75) is 37.8 Å². The Kier molecular flexibility index (Phi) is 5.62. The lowest BCUT2D eigenvalue weighted by Crippen LogP contribution is -2.39. The molecule has 1 aromatic heterocycles. The fourth-order valence-electron chi connectivity index (χ4n) is 3.27. The first-order chi connectivity index (χ1) is 13.7. The summed E-state index contributed by atoms with van der Waals surface area (Å²) in [6, 6.07) is 6.06. The Morgan fingerprint density at radius 3 is 2.68 bits per heavy atom. The van der Waals surface area contributed by atoms with E-state index < -0.39 is 0 Å². The first-order valence-corrected chi connectivity index (χ1v) is 9.56. The molecule has 1 N–H and O–H groups in total. The third-order valence-corrected chi connectivity index (χ3v) is 4.91. The number of rotatable bonds is 5. The van der Waals surface area contributed by atoms with E-state index in [1.165, 1.54) is 12.4 Å². The summed E-state index contributed by atoms with van der Waals surface area (Å²) in [5.41, 5.74) is 0.888. The SMILES string of the molecule is O=C(/C=C/c1ccc2c(c1)OCO2)NC1CCC(Oc2ncc(Cl)cn2)CC1. The fourth-order valence-corrected chi connectivity index (χ4v) is 3.37. The lowest BCUT2D eigenvalue weighted by atomic mass is 9.93. The number of hydrogen-bond acceptors (Lipinski definition) is 6. The van der Waals surface area contributed by atoms with Crippen LogP contribution in [0.1, 0.15) is 31.2 Å². The molecule has 1 aliphatic carbocycles. The zero-order chi connectivity index (χ0) is 19.3. The summed E-state index contributed by atoms with van der Waals surface area (Å²) in [7, 11) is 0. The number of ether oxygens (including phenoxy) is 3. The van der Waals surface area contributed by atoms with E-state index in [9.17, 15) is 4.79 Å². The van der Waals surface area contributed by atoms with Crippen molar-refractivity contribution < 1.29 is 19.0 Å². The van der Waals surface area contributed by atoms with Gasteiger partial charge in [-0.3, -0.25) is 4.79 Å². The third-order valence-electron chi connectivity index (χ3n) is 4.71. The van der Waals surface area contributed by atoms with E-state index in [2.05, 4.69) is 15.3 Å². The number of nitrogens with one attached hydrogen (secondary N) is 1. The molecule has 4 rings (SSSR count). The summed E-state index contributed by atoms with van der Waals surface area (Å²) < 4.78 is 16.4. The maximum Gasteiger partial charge on any atom is 0.316 e. The molecule has 1 amide bonds. The fraction of sp³-hybridized carbons (Fsp3) is 0.350. The zero-order valence-corrected chi connectivity index (χ0v) is 15.9. The molecule has 0 unspecified atom stereocenters. The highest BCUT2D eigenvalue weighted by molar-refractivity contribution is 6.30. The molecule has 2 heterocycles. The van der Waals surface area contributed by atoms with E-state index >= 15 is 0 Å². The van der Waals surface area contributed by atoms with Crippen molar-refractivity contribution >= 4 is 23.6 Å². The lowest BCUT2D eigenvalue weighted by Gasteiger charge is -2.28. The largest absolute Gasteiger partial charge is 0.460 e. The van der Waals surface area contributed by atoms with Crippen LogP contribution < -0.4 is 19.5 Å². The van der Waals surface area contributed by atoms with Crippen molar-refractivity contribution in [3.63, 3.8) is 0 Å². The number of carbonyl (C=O) groups excluding carboxylic acids is 1. The number of fused-ring (bicyclic) bond motifs is 1. The lowest BCUT2D eigenvalue weighted by molar-refractivity contribution is -0.117. The van der Waals surface area contributed by atoms with Gasteiger partial charge < -0.3 is 19.5 Å². The monoisotopic (exact) mass is 401 g/mol. The van der Waals surface area contributed by atoms with Crippen molar-refractivity contribution in [2.24, 2.45) is 0 Å². The van der Waals surface area contributed by atoms with Crippen LogP contribution in [-0.4, -0.2) is 34.8 Å². The summed E-state index contributed by atoms with van der Waals surface area (Å²) in [6.07, 6.45) is 9.77. The molecule has 146 valence electrons. The van der Waals surface area contributed by atoms with Gasteiger partial charge in [0, 0.05) is 12.1 Å². The summed E-state index contributed by atoms with van der Waals surface area (Å²) in [4.78, 5) is 20.3. The van der Waals surface area contributed by atoms with Gasteiger partial charge in [0.15, 0.2) is 11.5 Å². The van der Waals surface area contributed by atoms with E-state index in [0.29, 0.717) is 16.8 Å². The molecule has 0 saturated heterocycles. The van der Waals surface area contributed by atoms with Gasteiger partial charge in [0.05, 0.1) is 17.4 Å². The van der Waals surface area contributed by atoms with Gasteiger partial charge >= 0.3 is 6.01 Å². The van der Waals surface area contributed by atoms with Crippen molar-refractivity contribution in [3.8, 4) is 17.5 Å². The number of aromatic nitrogens is 2. The van der Waals surface area contributed by atoms with Crippen LogP contribution in [0.15, 0.2) is 36.7 Å². The molecule has 28 heavy (non-hydrogen) atoms. The number of carbonyl (C=O) groups is 1.